The van der Waals surface area contributed by atoms with Crippen molar-refractivity contribution in [2.45, 2.75) is 19.0 Å². The fourth-order valence-electron chi connectivity index (χ4n) is 2.27. The van der Waals surface area contributed by atoms with Gasteiger partial charge in [-0.3, -0.25) is 9.69 Å². The highest BCUT2D eigenvalue weighted by atomic mass is 19.1. The zero-order chi connectivity index (χ0) is 15.9. The van der Waals surface area contributed by atoms with Crippen molar-refractivity contribution in [1.29, 1.82) is 0 Å². The molecule has 0 saturated carbocycles. The van der Waals surface area contributed by atoms with Crippen LogP contribution in [0.2, 0.25) is 0 Å². The van der Waals surface area contributed by atoms with Gasteiger partial charge >= 0.3 is 0 Å². The number of nitrogens with one attached hydrogen (secondary N) is 1. The Labute approximate surface area is 129 Å². The van der Waals surface area contributed by atoms with Gasteiger partial charge in [-0.05, 0) is 38.2 Å². The smallest absolute Gasteiger partial charge is 0.241 e. The fourth-order valence-corrected chi connectivity index (χ4v) is 2.27. The summed E-state index contributed by atoms with van der Waals surface area (Å²) in [5, 5.41) is 10.3. The van der Waals surface area contributed by atoms with E-state index < -0.39 is 6.04 Å². The van der Waals surface area contributed by atoms with Crippen LogP contribution in [0, 0.1) is 5.82 Å². The summed E-state index contributed by atoms with van der Waals surface area (Å²) < 4.78 is 15.2. The summed E-state index contributed by atoms with van der Waals surface area (Å²) in [7, 11) is 3.60. The molecule has 7 heteroatoms. The zero-order valence-electron chi connectivity index (χ0n) is 12.7. The molecule has 118 valence electrons. The van der Waals surface area contributed by atoms with E-state index in [9.17, 15) is 9.18 Å². The summed E-state index contributed by atoms with van der Waals surface area (Å²) in [6, 6.07) is 5.62. The molecule has 1 heterocycles. The highest BCUT2D eigenvalue weighted by Gasteiger charge is 2.22. The molecule has 22 heavy (non-hydrogen) atoms. The van der Waals surface area contributed by atoms with Crippen LogP contribution in [0.25, 0.3) is 0 Å². The van der Waals surface area contributed by atoms with Crippen molar-refractivity contribution in [3.8, 4) is 0 Å². The molecular weight excluding hydrogens is 285 g/mol. The van der Waals surface area contributed by atoms with Gasteiger partial charge in [0.25, 0.3) is 0 Å². The molecule has 6 nitrogen and oxygen atoms in total. The summed E-state index contributed by atoms with van der Waals surface area (Å²) >= 11 is 0. The summed E-state index contributed by atoms with van der Waals surface area (Å²) in [5.74, 6) is -0.482. The number of benzene rings is 1. The van der Waals surface area contributed by atoms with E-state index in [1.54, 1.807) is 43.8 Å². The number of rotatable bonds is 7. The van der Waals surface area contributed by atoms with Gasteiger partial charge in [-0.1, -0.05) is 12.1 Å². The number of likely N-dealkylation sites (N-methyl/N-ethyl adjacent to an activating group) is 1. The second-order valence-electron chi connectivity index (χ2n) is 5.27. The molecule has 2 aromatic rings. The molecule has 0 spiro atoms. The third kappa shape index (κ3) is 4.36. The lowest BCUT2D eigenvalue weighted by Crippen LogP contribution is -2.37. The van der Waals surface area contributed by atoms with E-state index in [0.29, 0.717) is 12.1 Å². The van der Waals surface area contributed by atoms with Crippen LogP contribution in [-0.4, -0.2) is 46.2 Å². The van der Waals surface area contributed by atoms with Gasteiger partial charge in [-0.15, -0.1) is 10.2 Å². The first-order chi connectivity index (χ1) is 10.6. The lowest BCUT2D eigenvalue weighted by Gasteiger charge is -2.24. The second kappa shape index (κ2) is 7.65. The molecule has 0 bridgehead atoms. The molecule has 0 unspecified atom stereocenters. The second-order valence-corrected chi connectivity index (χ2v) is 5.27. The predicted molar refractivity (Wildman–Crippen MR) is 80.5 cm³/mol. The number of aryl methyl sites for hydroxylation is 1. The number of nitrogens with zero attached hydrogens (tertiary/aromatic N) is 4. The van der Waals surface area contributed by atoms with Gasteiger partial charge in [0, 0.05) is 13.1 Å². The quantitative estimate of drug-likeness (QED) is 0.782. The van der Waals surface area contributed by atoms with Crippen LogP contribution in [0.1, 0.15) is 18.0 Å². The molecule has 0 fully saturated rings. The minimum absolute atomic E-state index is 0.139. The Morgan fingerprint density at radius 3 is 2.73 bits per heavy atom. The molecular formula is C15H20FN5O. The third-order valence-corrected chi connectivity index (χ3v) is 3.29. The van der Waals surface area contributed by atoms with Gasteiger partial charge in [0.05, 0.1) is 0 Å². The van der Waals surface area contributed by atoms with Gasteiger partial charge < -0.3 is 9.88 Å². The van der Waals surface area contributed by atoms with Crippen LogP contribution >= 0.6 is 0 Å². The first-order valence-electron chi connectivity index (χ1n) is 7.10. The number of hydrogen-bond donors (Lipinski definition) is 1. The van der Waals surface area contributed by atoms with Crippen LogP contribution < -0.4 is 5.32 Å². The highest BCUT2D eigenvalue weighted by Crippen LogP contribution is 2.19. The first-order valence-corrected chi connectivity index (χ1v) is 7.10. The molecule has 0 aliphatic heterocycles. The van der Waals surface area contributed by atoms with E-state index in [-0.39, 0.29) is 11.7 Å². The zero-order valence-corrected chi connectivity index (χ0v) is 12.7. The molecule has 0 radical (unpaired) electrons. The van der Waals surface area contributed by atoms with E-state index in [1.165, 1.54) is 12.1 Å². The number of carbonyl (C=O) groups is 1. The van der Waals surface area contributed by atoms with E-state index in [2.05, 4.69) is 15.5 Å². The minimum atomic E-state index is -0.509. The average Bonchev–Trinajstić information content (AvgIpc) is 2.97. The van der Waals surface area contributed by atoms with Gasteiger partial charge in [0.15, 0.2) is 0 Å². The maximum atomic E-state index is 13.4. The van der Waals surface area contributed by atoms with Crippen molar-refractivity contribution in [2.75, 3.05) is 20.6 Å². The van der Waals surface area contributed by atoms with Crippen LogP contribution in [-0.2, 0) is 11.3 Å². The maximum Gasteiger partial charge on any atom is 0.241 e. The topological polar surface area (TPSA) is 63.1 Å². The largest absolute Gasteiger partial charge is 0.354 e. The SMILES string of the molecule is CN(C)[C@H](C(=O)NCCCn1cnnc1)c1cccc(F)c1. The van der Waals surface area contributed by atoms with Crippen LogP contribution in [0.5, 0.6) is 0 Å². The van der Waals surface area contributed by atoms with Crippen molar-refractivity contribution < 1.29 is 9.18 Å². The minimum Gasteiger partial charge on any atom is -0.354 e. The lowest BCUT2D eigenvalue weighted by atomic mass is 10.1. The normalized spacial score (nSPS) is 12.4. The molecule has 1 amide bonds. The van der Waals surface area contributed by atoms with E-state index in [0.717, 1.165) is 13.0 Å². The van der Waals surface area contributed by atoms with E-state index >= 15 is 0 Å². The molecule has 1 atom stereocenters. The van der Waals surface area contributed by atoms with Gasteiger partial charge in [0.1, 0.15) is 24.5 Å². The molecule has 2 rings (SSSR count). The predicted octanol–water partition coefficient (Wildman–Crippen LogP) is 1.23. The monoisotopic (exact) mass is 305 g/mol. The molecule has 1 aromatic heterocycles. The number of amides is 1. The van der Waals surface area contributed by atoms with Crippen molar-refractivity contribution in [1.82, 2.24) is 25.0 Å². The Morgan fingerprint density at radius 2 is 2.09 bits per heavy atom. The number of halogens is 1. The standard InChI is InChI=1S/C15H20FN5O/c1-20(2)14(12-5-3-6-13(16)9-12)15(22)17-7-4-8-21-10-18-19-11-21/h3,5-6,9-11,14H,4,7-8H2,1-2H3,(H,17,22)/t14-/m0/s1. The first kappa shape index (κ1) is 16.1. The molecule has 1 N–H and O–H groups in total. The maximum absolute atomic E-state index is 13.4. The number of aromatic nitrogens is 3. The van der Waals surface area contributed by atoms with Crippen LogP contribution in [0.15, 0.2) is 36.9 Å². The van der Waals surface area contributed by atoms with Crippen molar-refractivity contribution >= 4 is 5.91 Å². The van der Waals surface area contributed by atoms with Gasteiger partial charge in [0.2, 0.25) is 5.91 Å². The van der Waals surface area contributed by atoms with E-state index in [4.69, 9.17) is 0 Å². The van der Waals surface area contributed by atoms with E-state index in [1.807, 2.05) is 4.57 Å². The molecule has 1 aromatic carbocycles. The summed E-state index contributed by atoms with van der Waals surface area (Å²) in [5.41, 5.74) is 0.640. The third-order valence-electron chi connectivity index (χ3n) is 3.29. The fraction of sp³-hybridized carbons (Fsp3) is 0.400. The average molecular weight is 305 g/mol. The van der Waals surface area contributed by atoms with Crippen molar-refractivity contribution in [3.05, 3.63) is 48.3 Å². The molecule has 0 saturated heterocycles. The Bertz CT molecular complexity index is 600. The molecule has 0 aliphatic rings. The summed E-state index contributed by atoms with van der Waals surface area (Å²) in [6.45, 7) is 1.27. The van der Waals surface area contributed by atoms with Crippen molar-refractivity contribution in [3.63, 3.8) is 0 Å². The van der Waals surface area contributed by atoms with Crippen molar-refractivity contribution in [2.24, 2.45) is 0 Å². The van der Waals surface area contributed by atoms with Gasteiger partial charge in [-0.25, -0.2) is 4.39 Å². The summed E-state index contributed by atoms with van der Waals surface area (Å²) in [4.78, 5) is 14.1. The number of carbonyl (C=O) groups excluding carboxylic acids is 1. The lowest BCUT2D eigenvalue weighted by molar-refractivity contribution is -0.125. The molecule has 0 aliphatic carbocycles. The van der Waals surface area contributed by atoms with Crippen LogP contribution in [0.4, 0.5) is 4.39 Å². The number of hydrogen-bond acceptors (Lipinski definition) is 4. The Balaban J connectivity index is 1.90. The summed E-state index contributed by atoms with van der Waals surface area (Å²) in [6.07, 6.45) is 4.04. The van der Waals surface area contributed by atoms with Crippen LogP contribution in [0.3, 0.4) is 0 Å². The highest BCUT2D eigenvalue weighted by molar-refractivity contribution is 5.83. The Hall–Kier alpha value is -2.28. The van der Waals surface area contributed by atoms with Gasteiger partial charge in [-0.2, -0.15) is 0 Å². The Morgan fingerprint density at radius 1 is 1.36 bits per heavy atom. The Kier molecular flexibility index (Phi) is 5.60.